The number of rotatable bonds is 3. The van der Waals surface area contributed by atoms with Gasteiger partial charge in [-0.15, -0.1) is 0 Å². The summed E-state index contributed by atoms with van der Waals surface area (Å²) in [4.78, 5) is 0. The van der Waals surface area contributed by atoms with E-state index in [1.807, 2.05) is 6.07 Å². The maximum atomic E-state index is 6.32. The second kappa shape index (κ2) is 9.22. The van der Waals surface area contributed by atoms with E-state index in [4.69, 9.17) is 4.42 Å². The quantitative estimate of drug-likeness (QED) is 0.206. The minimum absolute atomic E-state index is 0.899. The molecule has 0 N–H and O–H groups in total. The molecule has 10 aromatic rings. The van der Waals surface area contributed by atoms with Crippen molar-refractivity contribution in [2.45, 2.75) is 0 Å². The topological polar surface area (TPSA) is 23.0 Å². The fraction of sp³-hybridized carbons (Fsp3) is 0. The van der Waals surface area contributed by atoms with E-state index >= 15 is 0 Å². The molecule has 0 saturated carbocycles. The van der Waals surface area contributed by atoms with Gasteiger partial charge in [0.25, 0.3) is 0 Å². The first-order valence-corrected chi connectivity index (χ1v) is 15.4. The summed E-state index contributed by atoms with van der Waals surface area (Å²) in [6.45, 7) is 0. The zero-order valence-electron chi connectivity index (χ0n) is 24.3. The van der Waals surface area contributed by atoms with Crippen LogP contribution in [0.2, 0.25) is 0 Å². The first-order chi connectivity index (χ1) is 22.3. The number of benzene rings is 7. The lowest BCUT2D eigenvalue weighted by molar-refractivity contribution is 0.669. The molecule has 0 saturated heterocycles. The lowest BCUT2D eigenvalue weighted by atomic mass is 10.0. The van der Waals surface area contributed by atoms with Crippen LogP contribution in [-0.4, -0.2) is 9.13 Å². The summed E-state index contributed by atoms with van der Waals surface area (Å²) in [6, 6.07) is 56.4. The normalized spacial score (nSPS) is 12.0. The molecule has 0 amide bonds. The lowest BCUT2D eigenvalue weighted by Gasteiger charge is -2.11. The van der Waals surface area contributed by atoms with Gasteiger partial charge in [0.05, 0.1) is 33.1 Å². The van der Waals surface area contributed by atoms with Crippen LogP contribution in [0.1, 0.15) is 0 Å². The maximum absolute atomic E-state index is 6.32. The lowest BCUT2D eigenvalue weighted by Crippen LogP contribution is -1.95. The van der Waals surface area contributed by atoms with Crippen LogP contribution in [-0.2, 0) is 0 Å². The predicted octanol–water partition coefficient (Wildman–Crippen LogP) is 11.4. The molecule has 45 heavy (non-hydrogen) atoms. The minimum Gasteiger partial charge on any atom is -0.456 e. The molecule has 0 aliphatic heterocycles. The van der Waals surface area contributed by atoms with Crippen molar-refractivity contribution in [3.8, 4) is 22.5 Å². The Morgan fingerprint density at radius 1 is 0.356 bits per heavy atom. The van der Waals surface area contributed by atoms with Crippen molar-refractivity contribution >= 4 is 65.6 Å². The van der Waals surface area contributed by atoms with Crippen LogP contribution in [0.25, 0.3) is 88.1 Å². The molecule has 3 nitrogen and oxygen atoms in total. The van der Waals surface area contributed by atoms with Gasteiger partial charge in [0.1, 0.15) is 11.2 Å². The van der Waals surface area contributed by atoms with Crippen LogP contribution < -0.4 is 0 Å². The Morgan fingerprint density at radius 2 is 0.933 bits per heavy atom. The third kappa shape index (κ3) is 3.41. The van der Waals surface area contributed by atoms with Crippen molar-refractivity contribution in [3.05, 3.63) is 158 Å². The zero-order valence-corrected chi connectivity index (χ0v) is 24.3. The molecule has 3 heterocycles. The summed E-state index contributed by atoms with van der Waals surface area (Å²) in [5.41, 5.74) is 11.3. The summed E-state index contributed by atoms with van der Waals surface area (Å²) in [5, 5.41) is 7.29. The molecule has 10 rings (SSSR count). The molecule has 0 bridgehead atoms. The summed E-state index contributed by atoms with van der Waals surface area (Å²) in [7, 11) is 0. The number of furan rings is 1. The van der Waals surface area contributed by atoms with Crippen LogP contribution >= 0.6 is 0 Å². The van der Waals surface area contributed by atoms with Gasteiger partial charge in [0.2, 0.25) is 0 Å². The molecule has 0 aliphatic carbocycles. The van der Waals surface area contributed by atoms with Gasteiger partial charge in [0.15, 0.2) is 0 Å². The van der Waals surface area contributed by atoms with Gasteiger partial charge in [-0.3, -0.25) is 0 Å². The van der Waals surface area contributed by atoms with Crippen LogP contribution in [0.4, 0.5) is 0 Å². The standard InChI is InChI=1S/C42H26N2O/c1-2-12-27(13-3-1)28-14-10-15-29(26-28)43-33-19-7-4-16-30(33)41-36(43)24-25-37-42(41)31-17-5-8-20-34(31)44(37)35-21-11-23-39-40(35)32-18-6-9-22-38(32)45-39/h1-26H. The Bertz CT molecular complexity index is 2760. The molecule has 0 fully saturated rings. The largest absolute Gasteiger partial charge is 0.456 e. The van der Waals surface area contributed by atoms with Gasteiger partial charge in [-0.25, -0.2) is 0 Å². The fourth-order valence-electron chi connectivity index (χ4n) is 7.45. The van der Waals surface area contributed by atoms with Gasteiger partial charge in [-0.1, -0.05) is 103 Å². The fourth-order valence-corrected chi connectivity index (χ4v) is 7.45. The molecule has 0 atom stereocenters. The highest BCUT2D eigenvalue weighted by molar-refractivity contribution is 6.29. The van der Waals surface area contributed by atoms with Crippen molar-refractivity contribution < 1.29 is 4.42 Å². The number of hydrogen-bond donors (Lipinski definition) is 0. The van der Waals surface area contributed by atoms with Crippen molar-refractivity contribution in [2.24, 2.45) is 0 Å². The van der Waals surface area contributed by atoms with Gasteiger partial charge in [0, 0.05) is 32.6 Å². The first kappa shape index (κ1) is 24.4. The summed E-state index contributed by atoms with van der Waals surface area (Å²) in [5.74, 6) is 0. The van der Waals surface area contributed by atoms with E-state index in [1.54, 1.807) is 0 Å². The number of aromatic nitrogens is 2. The highest BCUT2D eigenvalue weighted by atomic mass is 16.3. The summed E-state index contributed by atoms with van der Waals surface area (Å²) < 4.78 is 11.2. The minimum atomic E-state index is 0.899. The molecular weight excluding hydrogens is 548 g/mol. The smallest absolute Gasteiger partial charge is 0.137 e. The Hall–Kier alpha value is -6.06. The van der Waals surface area contributed by atoms with Crippen molar-refractivity contribution in [3.63, 3.8) is 0 Å². The molecule has 3 heteroatoms. The second-order valence-electron chi connectivity index (χ2n) is 11.7. The highest BCUT2D eigenvalue weighted by Crippen LogP contribution is 2.44. The number of hydrogen-bond acceptors (Lipinski definition) is 1. The molecule has 0 radical (unpaired) electrons. The van der Waals surface area contributed by atoms with E-state index in [-0.39, 0.29) is 0 Å². The number of nitrogens with zero attached hydrogens (tertiary/aromatic N) is 2. The summed E-state index contributed by atoms with van der Waals surface area (Å²) in [6.07, 6.45) is 0. The Balaban J connectivity index is 1.34. The van der Waals surface area contributed by atoms with E-state index < -0.39 is 0 Å². The molecule has 0 aliphatic rings. The van der Waals surface area contributed by atoms with E-state index in [1.165, 1.54) is 54.7 Å². The third-order valence-electron chi connectivity index (χ3n) is 9.30. The second-order valence-corrected chi connectivity index (χ2v) is 11.7. The maximum Gasteiger partial charge on any atom is 0.137 e. The molecule has 210 valence electrons. The van der Waals surface area contributed by atoms with Crippen LogP contribution in [0, 0.1) is 0 Å². The van der Waals surface area contributed by atoms with E-state index in [2.05, 4.69) is 161 Å². The Labute approximate surface area is 258 Å². The van der Waals surface area contributed by atoms with Crippen molar-refractivity contribution in [1.82, 2.24) is 9.13 Å². The summed E-state index contributed by atoms with van der Waals surface area (Å²) >= 11 is 0. The number of fused-ring (bicyclic) bond motifs is 10. The predicted molar refractivity (Wildman–Crippen MR) is 188 cm³/mol. The van der Waals surface area contributed by atoms with Gasteiger partial charge < -0.3 is 13.6 Å². The van der Waals surface area contributed by atoms with Crippen LogP contribution in [0.15, 0.2) is 162 Å². The third-order valence-corrected chi connectivity index (χ3v) is 9.30. The molecule has 0 spiro atoms. The van der Waals surface area contributed by atoms with Crippen molar-refractivity contribution in [1.29, 1.82) is 0 Å². The molecular formula is C42H26N2O. The van der Waals surface area contributed by atoms with E-state index in [9.17, 15) is 0 Å². The average Bonchev–Trinajstić information content (AvgIpc) is 3.76. The van der Waals surface area contributed by atoms with Crippen molar-refractivity contribution in [2.75, 3.05) is 0 Å². The SMILES string of the molecule is c1ccc(-c2cccc(-n3c4ccccc4c4c5c6ccccc6n(-c6cccc7oc8ccccc8c67)c5ccc43)c2)cc1. The first-order valence-electron chi connectivity index (χ1n) is 15.4. The van der Waals surface area contributed by atoms with Crippen LogP contribution in [0.3, 0.4) is 0 Å². The molecule has 3 aromatic heterocycles. The van der Waals surface area contributed by atoms with Gasteiger partial charge in [-0.05, 0) is 65.7 Å². The van der Waals surface area contributed by atoms with E-state index in [0.29, 0.717) is 0 Å². The number of para-hydroxylation sites is 3. The zero-order chi connectivity index (χ0) is 29.5. The Kier molecular flexibility index (Phi) is 5.00. The monoisotopic (exact) mass is 574 g/mol. The van der Waals surface area contributed by atoms with Crippen LogP contribution in [0.5, 0.6) is 0 Å². The molecule has 0 unspecified atom stereocenters. The van der Waals surface area contributed by atoms with Gasteiger partial charge >= 0.3 is 0 Å². The molecule has 7 aromatic carbocycles. The highest BCUT2D eigenvalue weighted by Gasteiger charge is 2.22. The average molecular weight is 575 g/mol. The van der Waals surface area contributed by atoms with Gasteiger partial charge in [-0.2, -0.15) is 0 Å². The Morgan fingerprint density at radius 3 is 1.71 bits per heavy atom. The van der Waals surface area contributed by atoms with E-state index in [0.717, 1.165) is 33.3 Å².